The van der Waals surface area contributed by atoms with Crippen molar-refractivity contribution < 1.29 is 4.79 Å². The number of likely N-dealkylation sites (tertiary alicyclic amines) is 1. The highest BCUT2D eigenvalue weighted by Crippen LogP contribution is 2.23. The van der Waals surface area contributed by atoms with Crippen LogP contribution in [0.3, 0.4) is 0 Å². The molecule has 1 saturated heterocycles. The highest BCUT2D eigenvalue weighted by molar-refractivity contribution is 5.91. The average molecular weight is 344 g/mol. The van der Waals surface area contributed by atoms with Crippen LogP contribution >= 0.6 is 0 Å². The molecular weight excluding hydrogens is 324 g/mol. The SMILES string of the molecule is O=C(/C=C/c1ccccc1)N1CC[C@@H](n2cc(-c3ccccc3)nn2)C1. The van der Waals surface area contributed by atoms with Gasteiger partial charge < -0.3 is 4.90 Å². The summed E-state index contributed by atoms with van der Waals surface area (Å²) in [7, 11) is 0. The lowest BCUT2D eigenvalue weighted by Gasteiger charge is -2.14. The van der Waals surface area contributed by atoms with Crippen LogP contribution in [0.2, 0.25) is 0 Å². The molecule has 5 heteroatoms. The van der Waals surface area contributed by atoms with Crippen molar-refractivity contribution in [3.05, 3.63) is 78.5 Å². The summed E-state index contributed by atoms with van der Waals surface area (Å²) < 4.78 is 1.89. The highest BCUT2D eigenvalue weighted by Gasteiger charge is 2.27. The van der Waals surface area contributed by atoms with Crippen molar-refractivity contribution in [2.75, 3.05) is 13.1 Å². The Balaban J connectivity index is 1.40. The zero-order valence-electron chi connectivity index (χ0n) is 14.4. The molecule has 1 aromatic heterocycles. The van der Waals surface area contributed by atoms with E-state index >= 15 is 0 Å². The van der Waals surface area contributed by atoms with Gasteiger partial charge in [-0.1, -0.05) is 65.9 Å². The Hall–Kier alpha value is -3.21. The molecule has 130 valence electrons. The minimum absolute atomic E-state index is 0.0414. The van der Waals surface area contributed by atoms with E-state index in [-0.39, 0.29) is 11.9 Å². The number of amides is 1. The number of aromatic nitrogens is 3. The molecule has 4 rings (SSSR count). The third-order valence-corrected chi connectivity index (χ3v) is 4.65. The molecule has 2 aromatic carbocycles. The van der Waals surface area contributed by atoms with Gasteiger partial charge in [0.1, 0.15) is 5.69 Å². The fourth-order valence-electron chi connectivity index (χ4n) is 3.19. The first-order valence-electron chi connectivity index (χ1n) is 8.79. The Bertz CT molecular complexity index is 902. The largest absolute Gasteiger partial charge is 0.337 e. The molecule has 1 aliphatic heterocycles. The van der Waals surface area contributed by atoms with E-state index in [2.05, 4.69) is 10.3 Å². The fraction of sp³-hybridized carbons (Fsp3) is 0.190. The molecule has 0 spiro atoms. The molecular formula is C21H20N4O. The third kappa shape index (κ3) is 3.57. The van der Waals surface area contributed by atoms with Gasteiger partial charge in [-0.05, 0) is 18.1 Å². The van der Waals surface area contributed by atoms with Gasteiger partial charge >= 0.3 is 0 Å². The van der Waals surface area contributed by atoms with Crippen LogP contribution in [-0.2, 0) is 4.79 Å². The summed E-state index contributed by atoms with van der Waals surface area (Å²) in [5.41, 5.74) is 2.94. The number of carbonyl (C=O) groups excluding carboxylic acids is 1. The predicted molar refractivity (Wildman–Crippen MR) is 101 cm³/mol. The standard InChI is InChI=1S/C21H20N4O/c26-21(12-11-17-7-3-1-4-8-17)24-14-13-19(15-24)25-16-20(22-23-25)18-9-5-2-6-10-18/h1-12,16,19H,13-15H2/b12-11+/t19-/m1/s1. The lowest BCUT2D eigenvalue weighted by atomic mass is 10.2. The normalized spacial score (nSPS) is 17.1. The summed E-state index contributed by atoms with van der Waals surface area (Å²) in [6.07, 6.45) is 6.36. The van der Waals surface area contributed by atoms with Gasteiger partial charge in [0.15, 0.2) is 0 Å². The predicted octanol–water partition coefficient (Wildman–Crippen LogP) is 3.43. The second-order valence-electron chi connectivity index (χ2n) is 6.42. The summed E-state index contributed by atoms with van der Waals surface area (Å²) in [5.74, 6) is 0.0414. The molecule has 1 atom stereocenters. The van der Waals surface area contributed by atoms with E-state index < -0.39 is 0 Å². The van der Waals surface area contributed by atoms with Crippen LogP contribution in [0.1, 0.15) is 18.0 Å². The zero-order chi connectivity index (χ0) is 17.8. The Morgan fingerprint density at radius 2 is 1.77 bits per heavy atom. The Labute approximate surface area is 152 Å². The number of rotatable bonds is 4. The molecule has 0 unspecified atom stereocenters. The minimum Gasteiger partial charge on any atom is -0.337 e. The van der Waals surface area contributed by atoms with Crippen molar-refractivity contribution in [2.24, 2.45) is 0 Å². The first kappa shape index (κ1) is 16.3. The Kier molecular flexibility index (Phi) is 4.60. The monoisotopic (exact) mass is 344 g/mol. The van der Waals surface area contributed by atoms with Gasteiger partial charge in [0.05, 0.1) is 12.2 Å². The van der Waals surface area contributed by atoms with Crippen LogP contribution in [0, 0.1) is 0 Å². The van der Waals surface area contributed by atoms with Crippen LogP contribution in [0.5, 0.6) is 0 Å². The number of hydrogen-bond donors (Lipinski definition) is 0. The van der Waals surface area contributed by atoms with E-state index in [9.17, 15) is 4.79 Å². The zero-order valence-corrected chi connectivity index (χ0v) is 14.4. The molecule has 0 radical (unpaired) electrons. The van der Waals surface area contributed by atoms with Gasteiger partial charge in [0.2, 0.25) is 5.91 Å². The molecule has 0 saturated carbocycles. The molecule has 1 fully saturated rings. The van der Waals surface area contributed by atoms with Crippen molar-refractivity contribution >= 4 is 12.0 Å². The number of carbonyl (C=O) groups is 1. The molecule has 0 aliphatic carbocycles. The number of benzene rings is 2. The fourth-order valence-corrected chi connectivity index (χ4v) is 3.19. The van der Waals surface area contributed by atoms with Gasteiger partial charge in [-0.25, -0.2) is 4.68 Å². The number of nitrogens with zero attached hydrogens (tertiary/aromatic N) is 4. The second-order valence-corrected chi connectivity index (χ2v) is 6.42. The van der Waals surface area contributed by atoms with Crippen LogP contribution in [-0.4, -0.2) is 38.9 Å². The first-order valence-corrected chi connectivity index (χ1v) is 8.79. The van der Waals surface area contributed by atoms with E-state index in [0.29, 0.717) is 6.54 Å². The molecule has 0 bridgehead atoms. The van der Waals surface area contributed by atoms with Crippen LogP contribution in [0.4, 0.5) is 0 Å². The summed E-state index contributed by atoms with van der Waals surface area (Å²) >= 11 is 0. The van der Waals surface area contributed by atoms with Crippen molar-refractivity contribution in [3.8, 4) is 11.3 Å². The number of hydrogen-bond acceptors (Lipinski definition) is 3. The summed E-state index contributed by atoms with van der Waals surface area (Å²) in [6, 6.07) is 20.0. The molecule has 3 aromatic rings. The van der Waals surface area contributed by atoms with Crippen molar-refractivity contribution in [2.45, 2.75) is 12.5 Å². The third-order valence-electron chi connectivity index (χ3n) is 4.65. The Morgan fingerprint density at radius 3 is 2.54 bits per heavy atom. The average Bonchev–Trinajstić information content (AvgIpc) is 3.37. The van der Waals surface area contributed by atoms with Gasteiger partial charge in [0.25, 0.3) is 0 Å². The molecule has 2 heterocycles. The maximum atomic E-state index is 12.4. The van der Waals surface area contributed by atoms with Crippen LogP contribution in [0.25, 0.3) is 17.3 Å². The van der Waals surface area contributed by atoms with Crippen molar-refractivity contribution in [3.63, 3.8) is 0 Å². The molecule has 5 nitrogen and oxygen atoms in total. The van der Waals surface area contributed by atoms with E-state index in [1.807, 2.05) is 82.5 Å². The van der Waals surface area contributed by atoms with Gasteiger partial charge in [-0.2, -0.15) is 0 Å². The topological polar surface area (TPSA) is 51.0 Å². The highest BCUT2D eigenvalue weighted by atomic mass is 16.2. The Morgan fingerprint density at radius 1 is 1.04 bits per heavy atom. The summed E-state index contributed by atoms with van der Waals surface area (Å²) in [5, 5.41) is 8.55. The van der Waals surface area contributed by atoms with E-state index in [0.717, 1.165) is 29.8 Å². The summed E-state index contributed by atoms with van der Waals surface area (Å²) in [6.45, 7) is 1.40. The van der Waals surface area contributed by atoms with Gasteiger partial charge in [-0.15, -0.1) is 5.10 Å². The maximum absolute atomic E-state index is 12.4. The van der Waals surface area contributed by atoms with E-state index in [1.54, 1.807) is 6.08 Å². The first-order chi connectivity index (χ1) is 12.8. The van der Waals surface area contributed by atoms with Crippen molar-refractivity contribution in [1.29, 1.82) is 0 Å². The maximum Gasteiger partial charge on any atom is 0.246 e. The van der Waals surface area contributed by atoms with Crippen LogP contribution < -0.4 is 0 Å². The van der Waals surface area contributed by atoms with Gasteiger partial charge in [0, 0.05) is 24.7 Å². The van der Waals surface area contributed by atoms with Gasteiger partial charge in [-0.3, -0.25) is 4.79 Å². The molecule has 1 aliphatic rings. The van der Waals surface area contributed by atoms with Crippen molar-refractivity contribution in [1.82, 2.24) is 19.9 Å². The lowest BCUT2D eigenvalue weighted by Crippen LogP contribution is -2.27. The minimum atomic E-state index is 0.0414. The lowest BCUT2D eigenvalue weighted by molar-refractivity contribution is -0.125. The van der Waals surface area contributed by atoms with Crippen LogP contribution in [0.15, 0.2) is 72.9 Å². The molecule has 0 N–H and O–H groups in total. The summed E-state index contributed by atoms with van der Waals surface area (Å²) in [4.78, 5) is 14.3. The second kappa shape index (κ2) is 7.35. The smallest absolute Gasteiger partial charge is 0.246 e. The van der Waals surface area contributed by atoms with E-state index in [1.165, 1.54) is 0 Å². The molecule has 1 amide bonds. The quantitative estimate of drug-likeness (QED) is 0.681. The molecule has 26 heavy (non-hydrogen) atoms. The van der Waals surface area contributed by atoms with E-state index in [4.69, 9.17) is 0 Å².